The maximum Gasteiger partial charge on any atom is 0.309 e. The summed E-state index contributed by atoms with van der Waals surface area (Å²) in [6.45, 7) is 9.91. The molecule has 0 aromatic carbocycles. The molecule has 4 heteroatoms. The van der Waals surface area contributed by atoms with Gasteiger partial charge in [-0.15, -0.1) is 0 Å². The predicted octanol–water partition coefficient (Wildman–Crippen LogP) is 8.26. The summed E-state index contributed by atoms with van der Waals surface area (Å²) in [4.78, 5) is 25.5. The molecule has 0 bridgehead atoms. The molecule has 0 saturated heterocycles. The van der Waals surface area contributed by atoms with Gasteiger partial charge >= 0.3 is 11.9 Å². The van der Waals surface area contributed by atoms with E-state index in [4.69, 9.17) is 9.47 Å². The Balaban J connectivity index is 2.21. The first-order valence-electron chi connectivity index (χ1n) is 14.3. The Morgan fingerprint density at radius 3 is 1.82 bits per heavy atom. The Bertz CT molecular complexity index is 502. The fourth-order valence-electron chi connectivity index (χ4n) is 4.90. The van der Waals surface area contributed by atoms with Crippen molar-refractivity contribution in [2.75, 3.05) is 13.2 Å². The fourth-order valence-corrected chi connectivity index (χ4v) is 4.90. The molecular weight excluding hydrogens is 412 g/mol. The molecule has 1 fully saturated rings. The van der Waals surface area contributed by atoms with Gasteiger partial charge in [0.1, 0.15) is 0 Å². The van der Waals surface area contributed by atoms with E-state index in [-0.39, 0.29) is 23.8 Å². The van der Waals surface area contributed by atoms with Gasteiger partial charge < -0.3 is 9.47 Å². The van der Waals surface area contributed by atoms with Crippen LogP contribution in [0.1, 0.15) is 137 Å². The lowest BCUT2D eigenvalue weighted by Gasteiger charge is -2.29. The van der Waals surface area contributed by atoms with Crippen LogP contribution in [0.3, 0.4) is 0 Å². The maximum absolute atomic E-state index is 12.8. The third kappa shape index (κ3) is 14.1. The topological polar surface area (TPSA) is 52.6 Å². The minimum absolute atomic E-state index is 0.181. The van der Waals surface area contributed by atoms with Gasteiger partial charge in [0.2, 0.25) is 0 Å². The molecule has 3 atom stereocenters. The van der Waals surface area contributed by atoms with E-state index < -0.39 is 0 Å². The van der Waals surface area contributed by atoms with E-state index in [0.29, 0.717) is 19.1 Å². The Morgan fingerprint density at radius 1 is 0.727 bits per heavy atom. The summed E-state index contributed by atoms with van der Waals surface area (Å²) in [7, 11) is 0. The summed E-state index contributed by atoms with van der Waals surface area (Å²) < 4.78 is 11.3. The number of ether oxygens (including phenoxy) is 2. The minimum Gasteiger partial charge on any atom is -0.465 e. The van der Waals surface area contributed by atoms with E-state index in [1.807, 2.05) is 0 Å². The van der Waals surface area contributed by atoms with Gasteiger partial charge in [0, 0.05) is 0 Å². The first-order valence-corrected chi connectivity index (χ1v) is 14.3. The van der Waals surface area contributed by atoms with Crippen molar-refractivity contribution in [2.24, 2.45) is 23.7 Å². The molecule has 0 aromatic rings. The van der Waals surface area contributed by atoms with Crippen LogP contribution in [0.2, 0.25) is 0 Å². The van der Waals surface area contributed by atoms with Crippen LogP contribution < -0.4 is 0 Å². The molecule has 4 nitrogen and oxygen atoms in total. The highest BCUT2D eigenvalue weighted by Crippen LogP contribution is 2.32. The van der Waals surface area contributed by atoms with Crippen molar-refractivity contribution in [3.05, 3.63) is 0 Å². The third-order valence-corrected chi connectivity index (χ3v) is 7.30. The molecule has 1 saturated carbocycles. The average Bonchev–Trinajstić information content (AvgIpc) is 2.82. The van der Waals surface area contributed by atoms with E-state index in [0.717, 1.165) is 57.3 Å². The van der Waals surface area contributed by atoms with Crippen molar-refractivity contribution in [3.63, 3.8) is 0 Å². The smallest absolute Gasteiger partial charge is 0.309 e. The number of hydrogen-bond acceptors (Lipinski definition) is 4. The zero-order chi connectivity index (χ0) is 24.3. The summed E-state index contributed by atoms with van der Waals surface area (Å²) >= 11 is 0. The van der Waals surface area contributed by atoms with Crippen LogP contribution in [0.5, 0.6) is 0 Å². The van der Waals surface area contributed by atoms with Gasteiger partial charge in [-0.2, -0.15) is 0 Å². The van der Waals surface area contributed by atoms with E-state index in [1.165, 1.54) is 57.8 Å². The summed E-state index contributed by atoms with van der Waals surface area (Å²) in [5, 5.41) is 0. The van der Waals surface area contributed by atoms with Gasteiger partial charge in [-0.1, -0.05) is 111 Å². The molecule has 3 unspecified atom stereocenters. The van der Waals surface area contributed by atoms with Crippen LogP contribution in [0.4, 0.5) is 0 Å². The SMILES string of the molecule is CCCCC(CC)COC(=O)C1CCCCC1C(=O)OCCCCCCCCCCC(C)C. The van der Waals surface area contributed by atoms with Gasteiger partial charge in [0.25, 0.3) is 0 Å². The zero-order valence-corrected chi connectivity index (χ0v) is 22.4. The fraction of sp³-hybridized carbons (Fsp3) is 0.931. The second-order valence-corrected chi connectivity index (χ2v) is 10.7. The number of hydrogen-bond donors (Lipinski definition) is 0. The van der Waals surface area contributed by atoms with Crippen LogP contribution in [0.25, 0.3) is 0 Å². The van der Waals surface area contributed by atoms with Crippen LogP contribution in [0, 0.1) is 23.7 Å². The zero-order valence-electron chi connectivity index (χ0n) is 22.4. The van der Waals surface area contributed by atoms with Crippen molar-refractivity contribution in [3.8, 4) is 0 Å². The van der Waals surface area contributed by atoms with Gasteiger partial charge in [0.05, 0.1) is 25.0 Å². The van der Waals surface area contributed by atoms with Crippen molar-refractivity contribution in [1.29, 1.82) is 0 Å². The van der Waals surface area contributed by atoms with Gasteiger partial charge in [0.15, 0.2) is 0 Å². The summed E-state index contributed by atoms with van der Waals surface area (Å²) in [6.07, 6.45) is 19.2. The largest absolute Gasteiger partial charge is 0.465 e. The number of esters is 2. The number of carbonyl (C=O) groups is 2. The van der Waals surface area contributed by atoms with Crippen molar-refractivity contribution >= 4 is 11.9 Å². The monoisotopic (exact) mass is 466 g/mol. The standard InChI is InChI=1S/C29H54O4/c1-5-7-19-25(6-2)23-33-29(31)27-21-16-15-20-26(27)28(30)32-22-17-13-11-9-8-10-12-14-18-24(3)4/h24-27H,5-23H2,1-4H3. The highest BCUT2D eigenvalue weighted by atomic mass is 16.5. The highest BCUT2D eigenvalue weighted by Gasteiger charge is 2.38. The normalized spacial score (nSPS) is 19.4. The van der Waals surface area contributed by atoms with Crippen molar-refractivity contribution in [2.45, 2.75) is 137 Å². The molecule has 1 aliphatic carbocycles. The van der Waals surface area contributed by atoms with Crippen molar-refractivity contribution in [1.82, 2.24) is 0 Å². The maximum atomic E-state index is 12.8. The van der Waals surface area contributed by atoms with Crippen molar-refractivity contribution < 1.29 is 19.1 Å². The first kappa shape index (κ1) is 30.0. The van der Waals surface area contributed by atoms with Crippen LogP contribution in [-0.4, -0.2) is 25.2 Å². The third-order valence-electron chi connectivity index (χ3n) is 7.30. The van der Waals surface area contributed by atoms with E-state index in [2.05, 4.69) is 27.7 Å². The van der Waals surface area contributed by atoms with Crippen LogP contribution in [0.15, 0.2) is 0 Å². The summed E-state index contributed by atoms with van der Waals surface area (Å²) in [5.74, 6) is 0.271. The number of carbonyl (C=O) groups excluding carboxylic acids is 2. The van der Waals surface area contributed by atoms with Gasteiger partial charge in [-0.05, 0) is 37.5 Å². The molecule has 0 spiro atoms. The molecule has 194 valence electrons. The van der Waals surface area contributed by atoms with Gasteiger partial charge in [-0.25, -0.2) is 0 Å². The Kier molecular flexibility index (Phi) is 17.5. The van der Waals surface area contributed by atoms with E-state index >= 15 is 0 Å². The molecule has 1 rings (SSSR count). The molecule has 33 heavy (non-hydrogen) atoms. The second kappa shape index (κ2) is 19.3. The Labute approximate surface area is 205 Å². The lowest BCUT2D eigenvalue weighted by atomic mass is 9.79. The molecule has 0 heterocycles. The molecule has 1 aliphatic rings. The number of unbranched alkanes of at least 4 members (excludes halogenated alkanes) is 8. The first-order chi connectivity index (χ1) is 16.0. The average molecular weight is 467 g/mol. The molecule has 0 aliphatic heterocycles. The Morgan fingerprint density at radius 2 is 1.27 bits per heavy atom. The lowest BCUT2D eigenvalue weighted by Crippen LogP contribution is -2.35. The molecule has 0 amide bonds. The summed E-state index contributed by atoms with van der Waals surface area (Å²) in [6, 6.07) is 0. The predicted molar refractivity (Wildman–Crippen MR) is 137 cm³/mol. The Hall–Kier alpha value is -1.06. The molecule has 0 aromatic heterocycles. The molecule has 0 N–H and O–H groups in total. The van der Waals surface area contributed by atoms with Crippen LogP contribution >= 0.6 is 0 Å². The van der Waals surface area contributed by atoms with Gasteiger partial charge in [-0.3, -0.25) is 9.59 Å². The lowest BCUT2D eigenvalue weighted by molar-refractivity contribution is -0.163. The summed E-state index contributed by atoms with van der Waals surface area (Å²) in [5.41, 5.74) is 0. The highest BCUT2D eigenvalue weighted by molar-refractivity contribution is 5.82. The quantitative estimate of drug-likeness (QED) is 0.142. The van der Waals surface area contributed by atoms with E-state index in [1.54, 1.807) is 0 Å². The molecular formula is C29H54O4. The minimum atomic E-state index is -0.314. The number of rotatable bonds is 19. The molecule has 0 radical (unpaired) electrons. The van der Waals surface area contributed by atoms with E-state index in [9.17, 15) is 9.59 Å². The van der Waals surface area contributed by atoms with Crippen LogP contribution in [-0.2, 0) is 19.1 Å². The second-order valence-electron chi connectivity index (χ2n) is 10.7.